The molecule has 0 spiro atoms. The first-order valence-electron chi connectivity index (χ1n) is 5.18. The Kier molecular flexibility index (Phi) is 3.10. The lowest BCUT2D eigenvalue weighted by Crippen LogP contribution is -2.14. The summed E-state index contributed by atoms with van der Waals surface area (Å²) in [6, 6.07) is -0.0158. The molecule has 8 heteroatoms. The lowest BCUT2D eigenvalue weighted by Gasteiger charge is -2.02. The third kappa shape index (κ3) is 2.50. The number of nitrogens with zero attached hydrogens (tertiary/aromatic N) is 2. The summed E-state index contributed by atoms with van der Waals surface area (Å²) in [4.78, 5) is 0. The molecule has 1 atom stereocenters. The van der Waals surface area contributed by atoms with Crippen molar-refractivity contribution >= 4 is 16.0 Å². The maximum absolute atomic E-state index is 11.2. The van der Waals surface area contributed by atoms with E-state index in [1.54, 1.807) is 0 Å². The zero-order valence-corrected chi connectivity index (χ0v) is 9.75. The van der Waals surface area contributed by atoms with Crippen molar-refractivity contribution in [1.82, 2.24) is 15.5 Å². The first-order valence-corrected chi connectivity index (χ1v) is 6.83. The van der Waals surface area contributed by atoms with E-state index in [0.29, 0.717) is 5.89 Å². The topological polar surface area (TPSA) is 97.1 Å². The van der Waals surface area contributed by atoms with Crippen molar-refractivity contribution in [2.45, 2.75) is 25.8 Å². The second-order valence-corrected chi connectivity index (χ2v) is 5.61. The molecule has 2 heterocycles. The van der Waals surface area contributed by atoms with Crippen LogP contribution < -0.4 is 10.0 Å². The van der Waals surface area contributed by atoms with Gasteiger partial charge in [0.1, 0.15) is 0 Å². The van der Waals surface area contributed by atoms with Crippen LogP contribution in [-0.4, -0.2) is 30.9 Å². The minimum absolute atomic E-state index is 0.0214. The highest BCUT2D eigenvalue weighted by Gasteiger charge is 2.23. The highest BCUT2D eigenvalue weighted by atomic mass is 32.2. The Morgan fingerprint density at radius 2 is 2.38 bits per heavy atom. The molecule has 1 unspecified atom stereocenters. The fourth-order valence-electron chi connectivity index (χ4n) is 1.52. The molecule has 90 valence electrons. The van der Waals surface area contributed by atoms with Crippen molar-refractivity contribution in [3.63, 3.8) is 0 Å². The van der Waals surface area contributed by atoms with E-state index in [-0.39, 0.29) is 17.8 Å². The molecule has 1 aromatic heterocycles. The van der Waals surface area contributed by atoms with Crippen LogP contribution in [0.2, 0.25) is 0 Å². The lowest BCUT2D eigenvalue weighted by molar-refractivity contribution is 0.439. The predicted molar refractivity (Wildman–Crippen MR) is 57.4 cm³/mol. The van der Waals surface area contributed by atoms with Gasteiger partial charge >= 0.3 is 6.01 Å². The van der Waals surface area contributed by atoms with Crippen LogP contribution >= 0.6 is 0 Å². The van der Waals surface area contributed by atoms with Gasteiger partial charge in [0, 0.05) is 0 Å². The third-order valence-electron chi connectivity index (χ3n) is 2.42. The molecule has 1 aromatic rings. The second-order valence-electron chi connectivity index (χ2n) is 3.60. The highest BCUT2D eigenvalue weighted by molar-refractivity contribution is 7.92. The van der Waals surface area contributed by atoms with Crippen molar-refractivity contribution in [3.8, 4) is 0 Å². The minimum Gasteiger partial charge on any atom is -0.406 e. The number of nitrogens with one attached hydrogen (secondary N) is 2. The molecular weight excluding hydrogens is 232 g/mol. The van der Waals surface area contributed by atoms with Gasteiger partial charge in [-0.25, -0.2) is 13.1 Å². The molecule has 1 aliphatic rings. The van der Waals surface area contributed by atoms with E-state index < -0.39 is 10.0 Å². The number of rotatable bonds is 4. The summed E-state index contributed by atoms with van der Waals surface area (Å²) in [7, 11) is -3.35. The van der Waals surface area contributed by atoms with Gasteiger partial charge in [0.25, 0.3) is 0 Å². The first kappa shape index (κ1) is 11.3. The van der Waals surface area contributed by atoms with Crippen LogP contribution in [0.3, 0.4) is 0 Å². The van der Waals surface area contributed by atoms with E-state index in [9.17, 15) is 8.42 Å². The fourth-order valence-corrected chi connectivity index (χ4v) is 2.01. The van der Waals surface area contributed by atoms with Crippen LogP contribution in [0.25, 0.3) is 0 Å². The Morgan fingerprint density at radius 1 is 1.56 bits per heavy atom. The summed E-state index contributed by atoms with van der Waals surface area (Å²) in [5.41, 5.74) is 0. The van der Waals surface area contributed by atoms with Crippen LogP contribution in [0.4, 0.5) is 6.01 Å². The summed E-state index contributed by atoms with van der Waals surface area (Å²) < 4.78 is 29.9. The normalized spacial score (nSPS) is 21.2. The molecule has 0 radical (unpaired) electrons. The smallest absolute Gasteiger partial charge is 0.329 e. The number of anilines is 1. The summed E-state index contributed by atoms with van der Waals surface area (Å²) in [5, 5.41) is 10.6. The van der Waals surface area contributed by atoms with Gasteiger partial charge in [0.05, 0.1) is 11.8 Å². The van der Waals surface area contributed by atoms with E-state index in [1.165, 1.54) is 6.92 Å². The van der Waals surface area contributed by atoms with Gasteiger partial charge in [-0.15, -0.1) is 5.10 Å². The SMILES string of the molecule is CCS(=O)(=O)Nc1nnc(C2CCCN2)o1. The average Bonchev–Trinajstić information content (AvgIpc) is 2.86. The maximum Gasteiger partial charge on any atom is 0.329 e. The number of sulfonamides is 1. The lowest BCUT2D eigenvalue weighted by atomic mass is 10.2. The molecule has 0 aliphatic carbocycles. The Balaban J connectivity index is 2.07. The Hall–Kier alpha value is -1.15. The molecule has 7 nitrogen and oxygen atoms in total. The van der Waals surface area contributed by atoms with Crippen molar-refractivity contribution in [3.05, 3.63) is 5.89 Å². The molecule has 0 bridgehead atoms. The van der Waals surface area contributed by atoms with Crippen LogP contribution in [0.15, 0.2) is 4.42 Å². The van der Waals surface area contributed by atoms with Crippen LogP contribution in [-0.2, 0) is 10.0 Å². The van der Waals surface area contributed by atoms with E-state index in [1.807, 2.05) is 0 Å². The third-order valence-corrected chi connectivity index (χ3v) is 3.67. The molecule has 2 N–H and O–H groups in total. The molecule has 16 heavy (non-hydrogen) atoms. The van der Waals surface area contributed by atoms with Crippen molar-refractivity contribution in [2.75, 3.05) is 17.0 Å². The first-order chi connectivity index (χ1) is 7.61. The van der Waals surface area contributed by atoms with E-state index in [4.69, 9.17) is 4.42 Å². The van der Waals surface area contributed by atoms with Gasteiger partial charge in [0.2, 0.25) is 15.9 Å². The van der Waals surface area contributed by atoms with E-state index >= 15 is 0 Å². The highest BCUT2D eigenvalue weighted by Crippen LogP contribution is 2.22. The quantitative estimate of drug-likeness (QED) is 0.790. The molecule has 1 aliphatic heterocycles. The van der Waals surface area contributed by atoms with Gasteiger partial charge < -0.3 is 9.73 Å². The number of hydrogen-bond donors (Lipinski definition) is 2. The van der Waals surface area contributed by atoms with Gasteiger partial charge in [-0.3, -0.25) is 0 Å². The van der Waals surface area contributed by atoms with Gasteiger partial charge in [-0.1, -0.05) is 5.10 Å². The maximum atomic E-state index is 11.2. The molecule has 0 amide bonds. The van der Waals surface area contributed by atoms with E-state index in [0.717, 1.165) is 19.4 Å². The van der Waals surface area contributed by atoms with Crippen LogP contribution in [0, 0.1) is 0 Å². The van der Waals surface area contributed by atoms with Crippen LogP contribution in [0.1, 0.15) is 31.7 Å². The summed E-state index contributed by atoms with van der Waals surface area (Å²) >= 11 is 0. The largest absolute Gasteiger partial charge is 0.406 e. The molecule has 2 rings (SSSR count). The monoisotopic (exact) mass is 246 g/mol. The average molecular weight is 246 g/mol. The minimum atomic E-state index is -3.35. The second kappa shape index (κ2) is 4.38. The standard InChI is InChI=1S/C8H14N4O3S/c1-2-16(13,14)12-8-11-10-7(15-8)6-4-3-5-9-6/h6,9H,2-5H2,1H3,(H,11,12). The van der Waals surface area contributed by atoms with Gasteiger partial charge in [-0.05, 0) is 26.3 Å². The summed E-state index contributed by atoms with van der Waals surface area (Å²) in [5.74, 6) is 0.415. The van der Waals surface area contributed by atoms with Crippen LogP contribution in [0.5, 0.6) is 0 Å². The molecule has 1 saturated heterocycles. The molecular formula is C8H14N4O3S. The van der Waals surface area contributed by atoms with E-state index in [2.05, 4.69) is 20.2 Å². The zero-order chi connectivity index (χ0) is 11.6. The Morgan fingerprint density at radius 3 is 3.00 bits per heavy atom. The number of aromatic nitrogens is 2. The fraction of sp³-hybridized carbons (Fsp3) is 0.750. The van der Waals surface area contributed by atoms with Crippen molar-refractivity contribution in [1.29, 1.82) is 0 Å². The molecule has 0 aromatic carbocycles. The van der Waals surface area contributed by atoms with Crippen molar-refractivity contribution < 1.29 is 12.8 Å². The Bertz CT molecular complexity index is 450. The Labute approximate surface area is 93.7 Å². The van der Waals surface area contributed by atoms with Crippen molar-refractivity contribution in [2.24, 2.45) is 0 Å². The summed E-state index contributed by atoms with van der Waals surface area (Å²) in [6.45, 7) is 2.46. The number of hydrogen-bond acceptors (Lipinski definition) is 6. The predicted octanol–water partition coefficient (Wildman–Crippen LogP) is 0.256. The van der Waals surface area contributed by atoms with Gasteiger partial charge in [0.15, 0.2) is 0 Å². The zero-order valence-electron chi connectivity index (χ0n) is 8.93. The summed E-state index contributed by atoms with van der Waals surface area (Å²) in [6.07, 6.45) is 1.99. The molecule has 0 saturated carbocycles. The van der Waals surface area contributed by atoms with Gasteiger partial charge in [-0.2, -0.15) is 0 Å². The molecule has 1 fully saturated rings.